The highest BCUT2D eigenvalue weighted by Crippen LogP contribution is 2.28. The average Bonchev–Trinajstić information content (AvgIpc) is 3.73. The number of rotatable bonds is 13. The summed E-state index contributed by atoms with van der Waals surface area (Å²) in [7, 11) is 0. The third kappa shape index (κ3) is 7.27. The Labute approximate surface area is 260 Å². The second-order valence-corrected chi connectivity index (χ2v) is 13.2. The summed E-state index contributed by atoms with van der Waals surface area (Å²) in [6.45, 7) is 9.12. The first kappa shape index (κ1) is 31.2. The molecular weight excluding hydrogens is 578 g/mol. The van der Waals surface area contributed by atoms with Crippen molar-refractivity contribution in [2.24, 2.45) is 17.8 Å². The van der Waals surface area contributed by atoms with Crippen LogP contribution in [0.15, 0.2) is 48.5 Å². The Bertz CT molecular complexity index is 1640. The lowest BCUT2D eigenvalue weighted by molar-refractivity contribution is -0.125. The first-order valence-corrected chi connectivity index (χ1v) is 15.9. The van der Waals surface area contributed by atoms with Crippen molar-refractivity contribution < 1.29 is 23.9 Å². The van der Waals surface area contributed by atoms with Gasteiger partial charge in [0.25, 0.3) is 5.91 Å². The van der Waals surface area contributed by atoms with Gasteiger partial charge in [0.2, 0.25) is 17.6 Å². The van der Waals surface area contributed by atoms with Crippen molar-refractivity contribution in [3.8, 4) is 5.75 Å². The third-order valence-corrected chi connectivity index (χ3v) is 8.64. The lowest BCUT2D eigenvalue weighted by Crippen LogP contribution is -2.52. The summed E-state index contributed by atoms with van der Waals surface area (Å²) in [5, 5.41) is 9.61. The van der Waals surface area contributed by atoms with Crippen LogP contribution >= 0.6 is 11.3 Å². The van der Waals surface area contributed by atoms with Crippen LogP contribution in [0.25, 0.3) is 21.1 Å². The number of ketones is 1. The Hall–Kier alpha value is -4.25. The fourth-order valence-electron chi connectivity index (χ4n) is 5.36. The molecule has 3 heterocycles. The van der Waals surface area contributed by atoms with Gasteiger partial charge in [-0.1, -0.05) is 45.9 Å². The molecule has 2 aromatic carbocycles. The number of para-hydroxylation sites is 1. The van der Waals surface area contributed by atoms with Gasteiger partial charge in [0.05, 0.1) is 22.9 Å². The van der Waals surface area contributed by atoms with Crippen molar-refractivity contribution >= 4 is 56.0 Å². The maximum atomic E-state index is 13.8. The molecule has 0 saturated carbocycles. The summed E-state index contributed by atoms with van der Waals surface area (Å²) in [4.78, 5) is 61.1. The number of Topliss-reactive ketones (excluding diaryl/α,β-unsaturated/α-hetero) is 1. The number of H-pyrrole nitrogens is 1. The molecule has 44 heavy (non-hydrogen) atoms. The molecule has 1 fully saturated rings. The normalized spacial score (nSPS) is 16.3. The van der Waals surface area contributed by atoms with Gasteiger partial charge in [-0.2, -0.15) is 0 Å². The van der Waals surface area contributed by atoms with E-state index < -0.39 is 29.8 Å². The van der Waals surface area contributed by atoms with Crippen molar-refractivity contribution in [3.05, 3.63) is 59.2 Å². The number of carbonyl (C=O) groups is 4. The third-order valence-electron chi connectivity index (χ3n) is 7.59. The molecule has 10 nitrogen and oxygen atoms in total. The standard InChI is InChI=1S/C33H39N5O5S/c1-18(2)14-25(37-32(42)26-16-21-22(35-26)9-7-10-27(21)43-17-19(3)4)31(41)36-24(15-20-12-13-34-30(20)40)29(39)33-38-23-8-5-6-11-28(23)44-33/h5-11,16,18-20,24-25,35H,12-15,17H2,1-4H3,(H,34,40)(H,36,41)(H,37,42)/t20-,24-,25-/m0/s1. The van der Waals surface area contributed by atoms with Crippen LogP contribution < -0.4 is 20.7 Å². The highest BCUT2D eigenvalue weighted by Gasteiger charge is 2.35. The number of aromatic nitrogens is 2. The molecule has 0 spiro atoms. The van der Waals surface area contributed by atoms with E-state index in [2.05, 4.69) is 39.8 Å². The van der Waals surface area contributed by atoms with Gasteiger partial charge in [0, 0.05) is 23.4 Å². The fraction of sp³-hybridized carbons (Fsp3) is 0.424. The average molecular weight is 618 g/mol. The molecule has 0 unspecified atom stereocenters. The molecule has 0 aliphatic carbocycles. The predicted molar refractivity (Wildman–Crippen MR) is 171 cm³/mol. The van der Waals surface area contributed by atoms with Crippen LogP contribution in [0.3, 0.4) is 0 Å². The summed E-state index contributed by atoms with van der Waals surface area (Å²) in [5.74, 6) is -0.727. The molecule has 5 rings (SSSR count). The number of carbonyl (C=O) groups excluding carboxylic acids is 4. The van der Waals surface area contributed by atoms with Crippen molar-refractivity contribution in [2.45, 2.75) is 59.0 Å². The lowest BCUT2D eigenvalue weighted by atomic mass is 9.95. The van der Waals surface area contributed by atoms with E-state index in [1.54, 1.807) is 6.07 Å². The molecule has 1 saturated heterocycles. The first-order valence-electron chi connectivity index (χ1n) is 15.1. The van der Waals surface area contributed by atoms with E-state index in [1.165, 1.54) is 11.3 Å². The van der Waals surface area contributed by atoms with Crippen LogP contribution in [0.4, 0.5) is 0 Å². The van der Waals surface area contributed by atoms with Crippen molar-refractivity contribution in [1.82, 2.24) is 25.9 Å². The smallest absolute Gasteiger partial charge is 0.268 e. The van der Waals surface area contributed by atoms with Gasteiger partial charge in [-0.25, -0.2) is 4.98 Å². The summed E-state index contributed by atoms with van der Waals surface area (Å²) < 4.78 is 6.81. The number of ether oxygens (including phenoxy) is 1. The second-order valence-electron chi connectivity index (χ2n) is 12.2. The molecule has 4 aromatic rings. The van der Waals surface area contributed by atoms with Crippen LogP contribution in [-0.4, -0.2) is 58.7 Å². The maximum Gasteiger partial charge on any atom is 0.268 e. The van der Waals surface area contributed by atoms with Gasteiger partial charge in [-0.05, 0) is 61.4 Å². The number of hydrogen-bond donors (Lipinski definition) is 4. The number of amides is 3. The monoisotopic (exact) mass is 617 g/mol. The Balaban J connectivity index is 1.36. The number of fused-ring (bicyclic) bond motifs is 2. The Morgan fingerprint density at radius 3 is 2.52 bits per heavy atom. The zero-order chi connectivity index (χ0) is 31.4. The SMILES string of the molecule is CC(C)COc1cccc2[nH]c(C(=O)N[C@@H](CC(C)C)C(=O)N[C@@H](C[C@@H]3CCNC3=O)C(=O)c3nc4ccccc4s3)cc12. The largest absolute Gasteiger partial charge is 0.493 e. The second kappa shape index (κ2) is 13.6. The Morgan fingerprint density at radius 1 is 1.02 bits per heavy atom. The molecule has 232 valence electrons. The van der Waals surface area contributed by atoms with Crippen LogP contribution in [0.2, 0.25) is 0 Å². The molecule has 3 amide bonds. The number of nitrogens with one attached hydrogen (secondary N) is 4. The number of aromatic amines is 1. The highest BCUT2D eigenvalue weighted by atomic mass is 32.1. The fourth-order valence-corrected chi connectivity index (χ4v) is 6.32. The predicted octanol–water partition coefficient (Wildman–Crippen LogP) is 4.85. The molecule has 11 heteroatoms. The van der Waals surface area contributed by atoms with Crippen molar-refractivity contribution in [2.75, 3.05) is 13.2 Å². The van der Waals surface area contributed by atoms with Gasteiger partial charge in [-0.3, -0.25) is 19.2 Å². The summed E-state index contributed by atoms with van der Waals surface area (Å²) >= 11 is 1.26. The van der Waals surface area contributed by atoms with E-state index in [0.717, 1.165) is 15.6 Å². The minimum absolute atomic E-state index is 0.0730. The number of benzene rings is 2. The molecule has 0 bridgehead atoms. The van der Waals surface area contributed by atoms with Crippen LogP contribution in [-0.2, 0) is 9.59 Å². The van der Waals surface area contributed by atoms with E-state index in [9.17, 15) is 19.2 Å². The number of thiazole rings is 1. The molecule has 1 aliphatic heterocycles. The van der Waals surface area contributed by atoms with E-state index >= 15 is 0 Å². The molecule has 2 aromatic heterocycles. The zero-order valence-electron chi connectivity index (χ0n) is 25.4. The Morgan fingerprint density at radius 2 is 1.82 bits per heavy atom. The van der Waals surface area contributed by atoms with Crippen LogP contribution in [0.1, 0.15) is 67.2 Å². The maximum absolute atomic E-state index is 13.8. The van der Waals surface area contributed by atoms with E-state index in [-0.39, 0.29) is 29.0 Å². The van der Waals surface area contributed by atoms with Gasteiger partial charge in [-0.15, -0.1) is 11.3 Å². The summed E-state index contributed by atoms with van der Waals surface area (Å²) in [6.07, 6.45) is 1.08. The lowest BCUT2D eigenvalue weighted by Gasteiger charge is -2.24. The van der Waals surface area contributed by atoms with Gasteiger partial charge < -0.3 is 25.7 Å². The molecular formula is C33H39N5O5S. The van der Waals surface area contributed by atoms with Crippen LogP contribution in [0, 0.1) is 17.8 Å². The molecule has 1 aliphatic rings. The first-order chi connectivity index (χ1) is 21.1. The topological polar surface area (TPSA) is 142 Å². The zero-order valence-corrected chi connectivity index (χ0v) is 26.3. The Kier molecular flexibility index (Phi) is 9.63. The summed E-state index contributed by atoms with van der Waals surface area (Å²) in [5.41, 5.74) is 1.75. The van der Waals surface area contributed by atoms with E-state index in [0.29, 0.717) is 48.9 Å². The van der Waals surface area contributed by atoms with Gasteiger partial charge in [0.1, 0.15) is 17.5 Å². The summed E-state index contributed by atoms with van der Waals surface area (Å²) in [6, 6.07) is 12.9. The quantitative estimate of drug-likeness (QED) is 0.158. The number of hydrogen-bond acceptors (Lipinski definition) is 7. The highest BCUT2D eigenvalue weighted by molar-refractivity contribution is 7.20. The van der Waals surface area contributed by atoms with Crippen molar-refractivity contribution in [1.29, 1.82) is 0 Å². The molecule has 3 atom stereocenters. The van der Waals surface area contributed by atoms with E-state index in [4.69, 9.17) is 4.74 Å². The minimum Gasteiger partial charge on any atom is -0.493 e. The minimum atomic E-state index is -0.975. The number of nitrogens with zero attached hydrogens (tertiary/aromatic N) is 1. The van der Waals surface area contributed by atoms with Crippen molar-refractivity contribution in [3.63, 3.8) is 0 Å². The molecule has 0 radical (unpaired) electrons. The van der Waals surface area contributed by atoms with Gasteiger partial charge in [0.15, 0.2) is 5.01 Å². The van der Waals surface area contributed by atoms with Gasteiger partial charge >= 0.3 is 0 Å². The van der Waals surface area contributed by atoms with Crippen LogP contribution in [0.5, 0.6) is 5.75 Å². The van der Waals surface area contributed by atoms with E-state index in [1.807, 2.05) is 56.3 Å². The molecule has 4 N–H and O–H groups in total.